The van der Waals surface area contributed by atoms with Crippen LogP contribution in [0.4, 0.5) is 0 Å². The fourth-order valence-corrected chi connectivity index (χ4v) is 1.54. The number of amides is 1. The number of ether oxygens (including phenoxy) is 3. The zero-order valence-electron chi connectivity index (χ0n) is 13.3. The summed E-state index contributed by atoms with van der Waals surface area (Å²) in [5.41, 5.74) is -0.0903. The summed E-state index contributed by atoms with van der Waals surface area (Å²) in [4.78, 5) is 35.9. The van der Waals surface area contributed by atoms with Gasteiger partial charge in [-0.05, 0) is 13.8 Å². The molecule has 0 radical (unpaired) electrons. The van der Waals surface area contributed by atoms with E-state index in [1.807, 2.05) is 0 Å². The Morgan fingerprint density at radius 2 is 1.64 bits per heavy atom. The Bertz CT molecular complexity index is 411. The first kappa shape index (κ1) is 20.1. The van der Waals surface area contributed by atoms with Gasteiger partial charge in [0.05, 0.1) is 13.2 Å². The second-order valence-electron chi connectivity index (χ2n) is 4.52. The van der Waals surface area contributed by atoms with E-state index in [0.717, 1.165) is 6.08 Å². The lowest BCUT2D eigenvalue weighted by Crippen LogP contribution is -2.43. The SMILES string of the molecule is COCCN(CCOC)C(=O)[C@H](C)OC(=O)C(C)=CC(=O)O. The van der Waals surface area contributed by atoms with Gasteiger partial charge in [-0.15, -0.1) is 0 Å². The quantitative estimate of drug-likeness (QED) is 0.449. The number of carbonyl (C=O) groups excluding carboxylic acids is 2. The van der Waals surface area contributed by atoms with Crippen LogP contribution in [-0.4, -0.2) is 74.5 Å². The predicted molar refractivity (Wildman–Crippen MR) is 77.3 cm³/mol. The molecule has 0 saturated heterocycles. The molecule has 0 heterocycles. The first-order valence-electron chi connectivity index (χ1n) is 6.72. The van der Waals surface area contributed by atoms with Gasteiger partial charge in [0.25, 0.3) is 5.91 Å². The highest BCUT2D eigenvalue weighted by Gasteiger charge is 2.24. The number of carbonyl (C=O) groups is 3. The molecule has 0 unspecified atom stereocenters. The van der Waals surface area contributed by atoms with Gasteiger partial charge in [-0.3, -0.25) is 4.79 Å². The molecule has 0 aromatic heterocycles. The molecule has 0 aliphatic rings. The van der Waals surface area contributed by atoms with Gasteiger partial charge in [0.15, 0.2) is 6.10 Å². The molecule has 0 aromatic carbocycles. The van der Waals surface area contributed by atoms with Crippen molar-refractivity contribution >= 4 is 17.8 Å². The van der Waals surface area contributed by atoms with E-state index in [1.165, 1.54) is 33.0 Å². The second-order valence-corrected chi connectivity index (χ2v) is 4.52. The Balaban J connectivity index is 4.70. The third-order valence-electron chi connectivity index (χ3n) is 2.74. The lowest BCUT2D eigenvalue weighted by molar-refractivity contribution is -0.156. The maximum atomic E-state index is 12.2. The van der Waals surface area contributed by atoms with Crippen molar-refractivity contribution < 1.29 is 33.7 Å². The third kappa shape index (κ3) is 7.75. The molecule has 0 saturated carbocycles. The Morgan fingerprint density at radius 1 is 1.14 bits per heavy atom. The van der Waals surface area contributed by atoms with Crippen LogP contribution in [0, 0.1) is 0 Å². The molecule has 0 bridgehead atoms. The highest BCUT2D eigenvalue weighted by Crippen LogP contribution is 2.05. The van der Waals surface area contributed by atoms with Crippen molar-refractivity contribution in [2.45, 2.75) is 20.0 Å². The van der Waals surface area contributed by atoms with Crippen LogP contribution in [0.2, 0.25) is 0 Å². The van der Waals surface area contributed by atoms with E-state index in [4.69, 9.17) is 19.3 Å². The fraction of sp³-hybridized carbons (Fsp3) is 0.643. The summed E-state index contributed by atoms with van der Waals surface area (Å²) >= 11 is 0. The molecule has 0 aliphatic heterocycles. The fourth-order valence-electron chi connectivity index (χ4n) is 1.54. The number of aliphatic carboxylic acids is 1. The van der Waals surface area contributed by atoms with E-state index in [9.17, 15) is 14.4 Å². The first-order valence-corrected chi connectivity index (χ1v) is 6.72. The summed E-state index contributed by atoms with van der Waals surface area (Å²) in [6, 6.07) is 0. The van der Waals surface area contributed by atoms with E-state index in [1.54, 1.807) is 0 Å². The van der Waals surface area contributed by atoms with Crippen molar-refractivity contribution in [2.75, 3.05) is 40.5 Å². The van der Waals surface area contributed by atoms with Crippen LogP contribution in [0.15, 0.2) is 11.6 Å². The molecule has 22 heavy (non-hydrogen) atoms. The van der Waals surface area contributed by atoms with Crippen LogP contribution in [0.3, 0.4) is 0 Å². The van der Waals surface area contributed by atoms with Gasteiger partial charge in [-0.2, -0.15) is 0 Å². The van der Waals surface area contributed by atoms with Gasteiger partial charge in [-0.25, -0.2) is 9.59 Å². The summed E-state index contributed by atoms with van der Waals surface area (Å²) < 4.78 is 14.8. The van der Waals surface area contributed by atoms with Crippen LogP contribution in [0.25, 0.3) is 0 Å². The summed E-state index contributed by atoms with van der Waals surface area (Å²) in [5.74, 6) is -2.50. The van der Waals surface area contributed by atoms with Crippen LogP contribution in [0.5, 0.6) is 0 Å². The van der Waals surface area contributed by atoms with Gasteiger partial charge >= 0.3 is 11.9 Å². The molecule has 0 aromatic rings. The van der Waals surface area contributed by atoms with Gasteiger partial charge in [0, 0.05) is 39.0 Å². The minimum Gasteiger partial charge on any atom is -0.478 e. The molecule has 0 aliphatic carbocycles. The number of hydrogen-bond donors (Lipinski definition) is 1. The Morgan fingerprint density at radius 3 is 2.05 bits per heavy atom. The minimum absolute atomic E-state index is 0.0903. The van der Waals surface area contributed by atoms with Crippen molar-refractivity contribution in [3.8, 4) is 0 Å². The van der Waals surface area contributed by atoms with Crippen molar-refractivity contribution in [2.24, 2.45) is 0 Å². The highest BCUT2D eigenvalue weighted by atomic mass is 16.5. The summed E-state index contributed by atoms with van der Waals surface area (Å²) in [5, 5.41) is 8.57. The monoisotopic (exact) mass is 317 g/mol. The number of hydrogen-bond acceptors (Lipinski definition) is 6. The summed E-state index contributed by atoms with van der Waals surface area (Å²) in [7, 11) is 3.03. The highest BCUT2D eigenvalue weighted by molar-refractivity contribution is 5.96. The maximum absolute atomic E-state index is 12.2. The van der Waals surface area contributed by atoms with E-state index in [-0.39, 0.29) is 5.57 Å². The number of methoxy groups -OCH3 is 2. The van der Waals surface area contributed by atoms with Crippen molar-refractivity contribution in [1.82, 2.24) is 4.90 Å². The minimum atomic E-state index is -1.25. The predicted octanol–water partition coefficient (Wildman–Crippen LogP) is 0.0704. The van der Waals surface area contributed by atoms with Crippen molar-refractivity contribution in [3.63, 3.8) is 0 Å². The number of rotatable bonds is 10. The molecular weight excluding hydrogens is 294 g/mol. The zero-order chi connectivity index (χ0) is 17.1. The Hall–Kier alpha value is -1.93. The Kier molecular flexibility index (Phi) is 9.80. The standard InChI is InChI=1S/C14H23NO7/c1-10(9-12(16)17)14(19)22-11(2)13(18)15(5-7-20-3)6-8-21-4/h9,11H,5-8H2,1-4H3,(H,16,17)/t11-/m0/s1. The van der Waals surface area contributed by atoms with E-state index >= 15 is 0 Å². The van der Waals surface area contributed by atoms with Crippen LogP contribution >= 0.6 is 0 Å². The number of nitrogens with zero attached hydrogens (tertiary/aromatic N) is 1. The van der Waals surface area contributed by atoms with Crippen molar-refractivity contribution in [3.05, 3.63) is 11.6 Å². The number of carboxylic acid groups (broad SMARTS) is 1. The molecule has 1 amide bonds. The van der Waals surface area contributed by atoms with Gasteiger partial charge in [0.1, 0.15) is 0 Å². The molecule has 8 nitrogen and oxygen atoms in total. The normalized spacial score (nSPS) is 12.6. The molecule has 0 spiro atoms. The molecule has 8 heteroatoms. The molecule has 126 valence electrons. The van der Waals surface area contributed by atoms with E-state index in [2.05, 4.69) is 0 Å². The molecule has 1 N–H and O–H groups in total. The van der Waals surface area contributed by atoms with Crippen molar-refractivity contribution in [1.29, 1.82) is 0 Å². The van der Waals surface area contributed by atoms with Crippen LogP contribution in [-0.2, 0) is 28.6 Å². The largest absolute Gasteiger partial charge is 0.478 e. The lowest BCUT2D eigenvalue weighted by atomic mass is 10.2. The smallest absolute Gasteiger partial charge is 0.334 e. The number of carboxylic acids is 1. The first-order chi connectivity index (χ1) is 10.3. The van der Waals surface area contributed by atoms with Gasteiger partial charge in [-0.1, -0.05) is 0 Å². The second kappa shape index (κ2) is 10.7. The molecule has 0 fully saturated rings. The molecule has 0 rings (SSSR count). The number of esters is 1. The van der Waals surface area contributed by atoms with Gasteiger partial charge < -0.3 is 24.2 Å². The van der Waals surface area contributed by atoms with Crippen LogP contribution < -0.4 is 0 Å². The molecular formula is C14H23NO7. The van der Waals surface area contributed by atoms with Gasteiger partial charge in [0.2, 0.25) is 0 Å². The van der Waals surface area contributed by atoms with E-state index < -0.39 is 23.9 Å². The third-order valence-corrected chi connectivity index (χ3v) is 2.74. The average Bonchev–Trinajstić information content (AvgIpc) is 2.45. The van der Waals surface area contributed by atoms with E-state index in [0.29, 0.717) is 26.3 Å². The average molecular weight is 317 g/mol. The maximum Gasteiger partial charge on any atom is 0.334 e. The Labute approximate surface area is 129 Å². The summed E-state index contributed by atoms with van der Waals surface area (Å²) in [6.07, 6.45) is -0.300. The topological polar surface area (TPSA) is 102 Å². The van der Waals surface area contributed by atoms with Crippen LogP contribution in [0.1, 0.15) is 13.8 Å². The zero-order valence-corrected chi connectivity index (χ0v) is 13.3. The lowest BCUT2D eigenvalue weighted by Gasteiger charge is -2.25. The summed E-state index contributed by atoms with van der Waals surface area (Å²) in [6.45, 7) is 4.10. The molecule has 1 atom stereocenters.